The summed E-state index contributed by atoms with van der Waals surface area (Å²) in [4.78, 5) is 19.6. The van der Waals surface area contributed by atoms with Crippen LogP contribution in [0.5, 0.6) is 5.75 Å². The predicted octanol–water partition coefficient (Wildman–Crippen LogP) is 2.79. The Bertz CT molecular complexity index is 1230. The quantitative estimate of drug-likeness (QED) is 0.489. The number of hydrogen-bond donors (Lipinski definition) is 2. The molecule has 0 atom stereocenters. The van der Waals surface area contributed by atoms with Crippen molar-refractivity contribution < 1.29 is 17.9 Å². The number of nitrogens with one attached hydrogen (secondary N) is 1. The summed E-state index contributed by atoms with van der Waals surface area (Å²) >= 11 is 1.20. The number of ketones is 1. The van der Waals surface area contributed by atoms with Crippen molar-refractivity contribution in [1.29, 1.82) is 0 Å². The molecule has 0 radical (unpaired) electrons. The highest BCUT2D eigenvalue weighted by molar-refractivity contribution is 7.88. The van der Waals surface area contributed by atoms with Crippen LogP contribution < -0.4 is 20.7 Å². The van der Waals surface area contributed by atoms with Crippen LogP contribution in [0, 0.1) is 0 Å². The fraction of sp³-hybridized carbons (Fsp3) is 0.273. The van der Waals surface area contributed by atoms with E-state index in [9.17, 15) is 13.2 Å². The van der Waals surface area contributed by atoms with Crippen molar-refractivity contribution in [2.45, 2.75) is 0 Å². The van der Waals surface area contributed by atoms with Gasteiger partial charge in [-0.25, -0.2) is 13.4 Å². The minimum Gasteiger partial charge on any atom is -0.497 e. The molecule has 174 valence electrons. The van der Waals surface area contributed by atoms with Crippen LogP contribution >= 0.6 is 11.3 Å². The number of nitrogen functional groups attached to an aromatic ring is 1. The van der Waals surface area contributed by atoms with E-state index in [0.29, 0.717) is 47.5 Å². The Kier molecular flexibility index (Phi) is 6.54. The van der Waals surface area contributed by atoms with Crippen molar-refractivity contribution >= 4 is 49.5 Å². The van der Waals surface area contributed by atoms with Gasteiger partial charge in [0.2, 0.25) is 15.8 Å². The first-order valence-electron chi connectivity index (χ1n) is 10.3. The van der Waals surface area contributed by atoms with Gasteiger partial charge in [0, 0.05) is 43.1 Å². The molecule has 0 amide bonds. The molecular weight excluding hydrogens is 462 g/mol. The normalized spacial score (nSPS) is 14.8. The number of carbonyl (C=O) groups excluding carboxylic acids is 1. The molecular formula is C22H25N5O4S2. The fourth-order valence-electron chi connectivity index (χ4n) is 3.58. The van der Waals surface area contributed by atoms with Crippen LogP contribution in [0.1, 0.15) is 15.2 Å². The van der Waals surface area contributed by atoms with E-state index in [1.807, 2.05) is 24.3 Å². The van der Waals surface area contributed by atoms with Gasteiger partial charge in [0.05, 0.1) is 13.4 Å². The summed E-state index contributed by atoms with van der Waals surface area (Å²) in [5.74, 6) is 0.667. The van der Waals surface area contributed by atoms with Crippen LogP contribution in [0.3, 0.4) is 0 Å². The van der Waals surface area contributed by atoms with Crippen molar-refractivity contribution in [2.24, 2.45) is 0 Å². The molecule has 0 aliphatic carbocycles. The second kappa shape index (κ2) is 9.38. The Labute approximate surface area is 196 Å². The first-order chi connectivity index (χ1) is 15.7. The summed E-state index contributed by atoms with van der Waals surface area (Å²) in [7, 11) is -1.58. The largest absolute Gasteiger partial charge is 0.497 e. The Morgan fingerprint density at radius 2 is 1.70 bits per heavy atom. The van der Waals surface area contributed by atoms with E-state index in [4.69, 9.17) is 10.5 Å². The van der Waals surface area contributed by atoms with Crippen LogP contribution in [-0.4, -0.2) is 63.0 Å². The number of rotatable bonds is 7. The molecule has 0 unspecified atom stereocenters. The monoisotopic (exact) mass is 487 g/mol. The number of aromatic nitrogens is 1. The lowest BCUT2D eigenvalue weighted by Gasteiger charge is -2.34. The summed E-state index contributed by atoms with van der Waals surface area (Å²) in [6.45, 7) is 2.23. The maximum Gasteiger partial charge on any atom is 0.211 e. The first kappa shape index (κ1) is 23.0. The van der Waals surface area contributed by atoms with Gasteiger partial charge >= 0.3 is 0 Å². The molecule has 2 heterocycles. The van der Waals surface area contributed by atoms with Crippen LogP contribution in [0.2, 0.25) is 0 Å². The molecule has 9 nitrogen and oxygen atoms in total. The molecule has 1 aromatic heterocycles. The highest BCUT2D eigenvalue weighted by atomic mass is 32.2. The van der Waals surface area contributed by atoms with E-state index in [1.165, 1.54) is 21.9 Å². The van der Waals surface area contributed by atoms with Crippen LogP contribution in [0.25, 0.3) is 0 Å². The van der Waals surface area contributed by atoms with Crippen LogP contribution in [0.4, 0.5) is 22.3 Å². The molecule has 0 saturated carbocycles. The number of hydrogen-bond acceptors (Lipinski definition) is 9. The van der Waals surface area contributed by atoms with Crippen molar-refractivity contribution in [3.8, 4) is 5.75 Å². The zero-order chi connectivity index (χ0) is 23.6. The zero-order valence-corrected chi connectivity index (χ0v) is 19.9. The summed E-state index contributed by atoms with van der Waals surface area (Å²) in [5.41, 5.74) is 8.35. The minimum absolute atomic E-state index is 0.184. The van der Waals surface area contributed by atoms with E-state index in [-0.39, 0.29) is 11.6 Å². The van der Waals surface area contributed by atoms with E-state index < -0.39 is 10.0 Å². The predicted molar refractivity (Wildman–Crippen MR) is 131 cm³/mol. The minimum atomic E-state index is -3.15. The smallest absolute Gasteiger partial charge is 0.211 e. The first-order valence-corrected chi connectivity index (χ1v) is 12.9. The maximum atomic E-state index is 12.8. The number of benzene rings is 2. The maximum absolute atomic E-state index is 12.8. The zero-order valence-electron chi connectivity index (χ0n) is 18.3. The van der Waals surface area contributed by atoms with E-state index >= 15 is 0 Å². The fourth-order valence-corrected chi connectivity index (χ4v) is 5.27. The number of nitrogens with zero attached hydrogens (tertiary/aromatic N) is 3. The average Bonchev–Trinajstić information content (AvgIpc) is 3.18. The molecule has 3 N–H and O–H groups in total. The van der Waals surface area contributed by atoms with Gasteiger partial charge in [0.25, 0.3) is 0 Å². The number of methoxy groups -OCH3 is 1. The van der Waals surface area contributed by atoms with Crippen LogP contribution in [-0.2, 0) is 10.0 Å². The number of thiazole rings is 1. The molecule has 1 fully saturated rings. The van der Waals surface area contributed by atoms with Gasteiger partial charge in [-0.15, -0.1) is 0 Å². The van der Waals surface area contributed by atoms with Gasteiger partial charge in [0.1, 0.15) is 16.4 Å². The lowest BCUT2D eigenvalue weighted by molar-refractivity contribution is 0.104. The van der Waals surface area contributed by atoms with Crippen molar-refractivity contribution in [1.82, 2.24) is 9.29 Å². The standard InChI is InChI=1S/C22H25N5O4S2/c1-31-18-9-3-15(4-10-18)19(28)20-21(23)25-22(32-20)24-16-5-7-17(8-6-16)26-11-13-27(14-12-26)33(2,29)30/h3-10H,11-14,23H2,1-2H3,(H,24,25). The molecule has 3 aromatic rings. The Balaban J connectivity index is 1.41. The average molecular weight is 488 g/mol. The third kappa shape index (κ3) is 5.27. The Hall–Kier alpha value is -3.15. The van der Waals surface area contributed by atoms with E-state index in [1.54, 1.807) is 31.4 Å². The van der Waals surface area contributed by atoms with Crippen molar-refractivity contribution in [3.63, 3.8) is 0 Å². The number of carbonyl (C=O) groups is 1. The second-order valence-electron chi connectivity index (χ2n) is 7.61. The molecule has 0 spiro atoms. The number of anilines is 4. The number of sulfonamides is 1. The summed E-state index contributed by atoms with van der Waals surface area (Å²) in [6.07, 6.45) is 1.24. The topological polar surface area (TPSA) is 118 Å². The van der Waals surface area contributed by atoms with Crippen LogP contribution in [0.15, 0.2) is 48.5 Å². The van der Waals surface area contributed by atoms with E-state index in [2.05, 4.69) is 15.2 Å². The van der Waals surface area contributed by atoms with Gasteiger partial charge in [-0.2, -0.15) is 4.31 Å². The number of piperazine rings is 1. The van der Waals surface area contributed by atoms with Crippen molar-refractivity contribution in [2.75, 3.05) is 55.5 Å². The van der Waals surface area contributed by atoms with Crippen molar-refractivity contribution in [3.05, 3.63) is 59.0 Å². The SMILES string of the molecule is COc1ccc(C(=O)c2sc(Nc3ccc(N4CCN(S(C)(=O)=O)CC4)cc3)nc2N)cc1. The molecule has 1 aliphatic heterocycles. The van der Waals surface area contributed by atoms with Gasteiger partial charge in [0.15, 0.2) is 5.13 Å². The molecule has 1 saturated heterocycles. The lowest BCUT2D eigenvalue weighted by atomic mass is 10.1. The summed E-state index contributed by atoms with van der Waals surface area (Å²) < 4.78 is 30.0. The molecule has 33 heavy (non-hydrogen) atoms. The highest BCUT2D eigenvalue weighted by Crippen LogP contribution is 2.31. The lowest BCUT2D eigenvalue weighted by Crippen LogP contribution is -2.48. The van der Waals surface area contributed by atoms with Gasteiger partial charge < -0.3 is 20.7 Å². The molecule has 1 aliphatic rings. The highest BCUT2D eigenvalue weighted by Gasteiger charge is 2.23. The summed E-state index contributed by atoms with van der Waals surface area (Å²) in [5, 5.41) is 3.72. The molecule has 4 rings (SSSR count). The number of ether oxygens (including phenoxy) is 1. The third-order valence-corrected chi connectivity index (χ3v) is 7.69. The Morgan fingerprint density at radius 3 is 2.27 bits per heavy atom. The number of nitrogens with two attached hydrogens (primary N) is 1. The van der Waals surface area contributed by atoms with E-state index in [0.717, 1.165) is 11.4 Å². The Morgan fingerprint density at radius 1 is 1.06 bits per heavy atom. The van der Waals surface area contributed by atoms with Gasteiger partial charge in [-0.1, -0.05) is 11.3 Å². The van der Waals surface area contributed by atoms with Gasteiger partial charge in [-0.05, 0) is 48.5 Å². The third-order valence-electron chi connectivity index (χ3n) is 5.40. The summed E-state index contributed by atoms with van der Waals surface area (Å²) in [6, 6.07) is 14.6. The molecule has 0 bridgehead atoms. The van der Waals surface area contributed by atoms with Gasteiger partial charge in [-0.3, -0.25) is 4.79 Å². The molecule has 2 aromatic carbocycles. The second-order valence-corrected chi connectivity index (χ2v) is 10.6. The molecule has 11 heteroatoms.